The summed E-state index contributed by atoms with van der Waals surface area (Å²) in [6, 6.07) is 11.4. The van der Waals surface area contributed by atoms with Crippen LogP contribution in [0.3, 0.4) is 0 Å². The van der Waals surface area contributed by atoms with Gasteiger partial charge in [0.2, 0.25) is 0 Å². The minimum Gasteiger partial charge on any atom is -0.488 e. The van der Waals surface area contributed by atoms with E-state index in [0.717, 1.165) is 24.0 Å². The summed E-state index contributed by atoms with van der Waals surface area (Å²) in [5, 5.41) is 5.53. The number of hydrogen-bond acceptors (Lipinski definition) is 4. The van der Waals surface area contributed by atoms with Gasteiger partial charge in [0.1, 0.15) is 11.9 Å². The number of fused-ring (bicyclic) bond motifs is 1. The first-order valence-electron chi connectivity index (χ1n) is 7.62. The summed E-state index contributed by atoms with van der Waals surface area (Å²) in [5.74, 6) is 0.832. The molecule has 1 aliphatic heterocycles. The molecule has 0 saturated heterocycles. The summed E-state index contributed by atoms with van der Waals surface area (Å²) in [5.41, 5.74) is 1.34. The Morgan fingerprint density at radius 3 is 2.76 bits per heavy atom. The lowest BCUT2D eigenvalue weighted by Gasteiger charge is -2.13. The van der Waals surface area contributed by atoms with E-state index in [-0.39, 0.29) is 21.7 Å². The third-order valence-corrected chi connectivity index (χ3v) is 5.26. The number of benzene rings is 2. The fourth-order valence-corrected chi connectivity index (χ4v) is 3.38. The molecule has 2 aromatic rings. The Balaban J connectivity index is 1.59. The first-order chi connectivity index (χ1) is 11.8. The second-order valence-electron chi connectivity index (χ2n) is 5.80. The van der Waals surface area contributed by atoms with E-state index >= 15 is 0 Å². The molecule has 1 aliphatic rings. The van der Waals surface area contributed by atoms with Gasteiger partial charge >= 0.3 is 6.03 Å². The van der Waals surface area contributed by atoms with Crippen LogP contribution in [0.5, 0.6) is 5.75 Å². The summed E-state index contributed by atoms with van der Waals surface area (Å²) < 4.78 is 29.0. The van der Waals surface area contributed by atoms with Gasteiger partial charge in [-0.15, -0.1) is 0 Å². The minimum atomic E-state index is -3.38. The van der Waals surface area contributed by atoms with E-state index in [1.165, 1.54) is 18.2 Å². The molecule has 0 bridgehead atoms. The van der Waals surface area contributed by atoms with E-state index in [1.807, 2.05) is 24.3 Å². The van der Waals surface area contributed by atoms with Crippen LogP contribution < -0.4 is 15.4 Å². The van der Waals surface area contributed by atoms with Crippen molar-refractivity contribution >= 4 is 33.2 Å². The smallest absolute Gasteiger partial charge is 0.319 e. The van der Waals surface area contributed by atoms with E-state index in [9.17, 15) is 13.2 Å². The van der Waals surface area contributed by atoms with Crippen molar-refractivity contribution in [1.82, 2.24) is 5.32 Å². The van der Waals surface area contributed by atoms with E-state index < -0.39 is 15.9 Å². The van der Waals surface area contributed by atoms with Crippen LogP contribution in [-0.4, -0.2) is 33.4 Å². The summed E-state index contributed by atoms with van der Waals surface area (Å²) in [7, 11) is -3.38. The summed E-state index contributed by atoms with van der Waals surface area (Å²) in [6.07, 6.45) is 1.68. The van der Waals surface area contributed by atoms with Gasteiger partial charge in [-0.2, -0.15) is 0 Å². The van der Waals surface area contributed by atoms with Crippen molar-refractivity contribution in [3.05, 3.63) is 53.1 Å². The predicted octanol–water partition coefficient (Wildman–Crippen LogP) is 2.87. The maximum absolute atomic E-state index is 12.1. The maximum Gasteiger partial charge on any atom is 0.319 e. The molecule has 8 heteroatoms. The first kappa shape index (κ1) is 17.6. The summed E-state index contributed by atoms with van der Waals surface area (Å²) in [6.45, 7) is 0.323. The number of rotatable bonds is 4. The lowest BCUT2D eigenvalue weighted by Crippen LogP contribution is -2.37. The number of ether oxygens (including phenoxy) is 1. The van der Waals surface area contributed by atoms with Gasteiger partial charge in [-0.3, -0.25) is 0 Å². The average molecular weight is 381 g/mol. The van der Waals surface area contributed by atoms with Crippen molar-refractivity contribution in [3.8, 4) is 5.75 Å². The van der Waals surface area contributed by atoms with Crippen molar-refractivity contribution in [2.24, 2.45) is 0 Å². The Morgan fingerprint density at radius 2 is 2.04 bits per heavy atom. The highest BCUT2D eigenvalue weighted by molar-refractivity contribution is 7.90. The Bertz CT molecular complexity index is 890. The maximum atomic E-state index is 12.1. The van der Waals surface area contributed by atoms with Crippen LogP contribution in [0, 0.1) is 0 Å². The molecule has 1 heterocycles. The van der Waals surface area contributed by atoms with Gasteiger partial charge in [-0.05, 0) is 29.8 Å². The summed E-state index contributed by atoms with van der Waals surface area (Å²) in [4.78, 5) is 12.2. The average Bonchev–Trinajstić information content (AvgIpc) is 2.97. The molecular formula is C17H17ClN2O4S. The molecule has 1 unspecified atom stereocenters. The molecule has 0 saturated carbocycles. The zero-order valence-corrected chi connectivity index (χ0v) is 15.0. The topological polar surface area (TPSA) is 84.5 Å². The number of para-hydroxylation sites is 1. The first-order valence-corrected chi connectivity index (χ1v) is 9.89. The highest BCUT2D eigenvalue weighted by Crippen LogP contribution is 2.28. The lowest BCUT2D eigenvalue weighted by molar-refractivity contribution is 0.219. The minimum absolute atomic E-state index is 0.0850. The van der Waals surface area contributed by atoms with Crippen LogP contribution >= 0.6 is 11.6 Å². The molecule has 0 aliphatic carbocycles. The van der Waals surface area contributed by atoms with Crippen molar-refractivity contribution in [3.63, 3.8) is 0 Å². The molecule has 1 atom stereocenters. The van der Waals surface area contributed by atoms with Crippen molar-refractivity contribution in [2.45, 2.75) is 17.4 Å². The second-order valence-corrected chi connectivity index (χ2v) is 8.22. The van der Waals surface area contributed by atoms with Crippen molar-refractivity contribution in [1.29, 1.82) is 0 Å². The van der Waals surface area contributed by atoms with E-state index in [0.29, 0.717) is 6.54 Å². The molecule has 6 nitrogen and oxygen atoms in total. The number of sulfone groups is 1. The molecule has 0 fully saturated rings. The summed E-state index contributed by atoms with van der Waals surface area (Å²) >= 11 is 6.02. The van der Waals surface area contributed by atoms with Gasteiger partial charge in [-0.25, -0.2) is 13.2 Å². The molecule has 0 aromatic heterocycles. The van der Waals surface area contributed by atoms with Crippen LogP contribution in [-0.2, 0) is 16.3 Å². The Morgan fingerprint density at radius 1 is 1.28 bits per heavy atom. The molecule has 25 heavy (non-hydrogen) atoms. The molecule has 0 radical (unpaired) electrons. The molecular weight excluding hydrogens is 364 g/mol. The fourth-order valence-electron chi connectivity index (χ4n) is 2.57. The zero-order chi connectivity index (χ0) is 18.0. The second kappa shape index (κ2) is 6.93. The highest BCUT2D eigenvalue weighted by Gasteiger charge is 2.22. The molecule has 2 N–H and O–H groups in total. The molecule has 2 amide bonds. The predicted molar refractivity (Wildman–Crippen MR) is 96.1 cm³/mol. The number of carbonyl (C=O) groups excluding carboxylic acids is 1. The van der Waals surface area contributed by atoms with Gasteiger partial charge in [0.05, 0.1) is 22.2 Å². The SMILES string of the molecule is CS(=O)(=O)c1ccc(Cl)c(NC(=O)NCC2Cc3ccccc3O2)c1. The number of urea groups is 1. The Labute approximate surface area is 151 Å². The van der Waals surface area contributed by atoms with Crippen LogP contribution in [0.15, 0.2) is 47.4 Å². The van der Waals surface area contributed by atoms with Crippen molar-refractivity contribution in [2.75, 3.05) is 18.1 Å². The Kier molecular flexibility index (Phi) is 4.87. The van der Waals surface area contributed by atoms with Gasteiger partial charge < -0.3 is 15.4 Å². The third kappa shape index (κ3) is 4.24. The van der Waals surface area contributed by atoms with E-state index in [4.69, 9.17) is 16.3 Å². The molecule has 132 valence electrons. The number of hydrogen-bond donors (Lipinski definition) is 2. The number of anilines is 1. The van der Waals surface area contributed by atoms with Gasteiger partial charge in [0.25, 0.3) is 0 Å². The van der Waals surface area contributed by atoms with E-state index in [1.54, 1.807) is 0 Å². The number of carbonyl (C=O) groups is 1. The van der Waals surface area contributed by atoms with Gasteiger partial charge in [0, 0.05) is 12.7 Å². The number of nitrogens with one attached hydrogen (secondary N) is 2. The normalized spacial score (nSPS) is 16.0. The van der Waals surface area contributed by atoms with Crippen molar-refractivity contribution < 1.29 is 17.9 Å². The number of halogens is 1. The van der Waals surface area contributed by atoms with Crippen LogP contribution in [0.1, 0.15) is 5.56 Å². The van der Waals surface area contributed by atoms with Crippen LogP contribution in [0.25, 0.3) is 0 Å². The Hall–Kier alpha value is -2.25. The fraction of sp³-hybridized carbons (Fsp3) is 0.235. The molecule has 0 spiro atoms. The highest BCUT2D eigenvalue weighted by atomic mass is 35.5. The lowest BCUT2D eigenvalue weighted by atomic mass is 10.1. The van der Waals surface area contributed by atoms with Gasteiger partial charge in [-0.1, -0.05) is 29.8 Å². The standard InChI is InChI=1S/C17H17ClN2O4S/c1-25(22,23)13-6-7-14(18)15(9-13)20-17(21)19-10-12-8-11-4-2-3-5-16(11)24-12/h2-7,9,12H,8,10H2,1H3,(H2,19,20,21). The molecule has 2 aromatic carbocycles. The van der Waals surface area contributed by atoms with E-state index in [2.05, 4.69) is 10.6 Å². The largest absolute Gasteiger partial charge is 0.488 e. The zero-order valence-electron chi connectivity index (χ0n) is 13.5. The quantitative estimate of drug-likeness (QED) is 0.854. The van der Waals surface area contributed by atoms with Gasteiger partial charge in [0.15, 0.2) is 9.84 Å². The number of amides is 2. The molecule has 3 rings (SSSR count). The van der Waals surface area contributed by atoms with Crippen LogP contribution in [0.2, 0.25) is 5.02 Å². The van der Waals surface area contributed by atoms with Crippen LogP contribution in [0.4, 0.5) is 10.5 Å². The monoisotopic (exact) mass is 380 g/mol. The third-order valence-electron chi connectivity index (χ3n) is 3.82.